The van der Waals surface area contributed by atoms with Gasteiger partial charge in [0.25, 0.3) is 5.91 Å². The number of methoxy groups -OCH3 is 1. The summed E-state index contributed by atoms with van der Waals surface area (Å²) >= 11 is 0. The quantitative estimate of drug-likeness (QED) is 0.444. The summed E-state index contributed by atoms with van der Waals surface area (Å²) in [6.07, 6.45) is 5.20. The van der Waals surface area contributed by atoms with Crippen LogP contribution in [-0.4, -0.2) is 48.4 Å². The van der Waals surface area contributed by atoms with Gasteiger partial charge in [-0.15, -0.1) is 5.10 Å². The van der Waals surface area contributed by atoms with Crippen molar-refractivity contribution in [3.63, 3.8) is 0 Å². The summed E-state index contributed by atoms with van der Waals surface area (Å²) in [6.45, 7) is 4.41. The Labute approximate surface area is 230 Å². The highest BCUT2D eigenvalue weighted by atomic mass is 16.5. The molecule has 1 aliphatic carbocycles. The molecule has 1 fully saturated rings. The van der Waals surface area contributed by atoms with E-state index in [0.717, 1.165) is 48.8 Å². The summed E-state index contributed by atoms with van der Waals surface area (Å²) in [7, 11) is 1.43. The van der Waals surface area contributed by atoms with Gasteiger partial charge in [0.2, 0.25) is 11.8 Å². The highest BCUT2D eigenvalue weighted by Crippen LogP contribution is 2.30. The third-order valence-electron chi connectivity index (χ3n) is 7.65. The Morgan fingerprint density at radius 2 is 1.74 bits per heavy atom. The molecule has 0 radical (unpaired) electrons. The number of nitrogens with zero attached hydrogens (tertiary/aromatic N) is 2. The third-order valence-corrected chi connectivity index (χ3v) is 7.65. The first-order valence-electron chi connectivity index (χ1n) is 13.9. The van der Waals surface area contributed by atoms with Gasteiger partial charge >= 0.3 is 5.97 Å². The Hall–Kier alpha value is -3.68. The zero-order valence-corrected chi connectivity index (χ0v) is 23.1. The first kappa shape index (κ1) is 28.3. The smallest absolute Gasteiger partial charge is 0.305 e. The van der Waals surface area contributed by atoms with Crippen molar-refractivity contribution in [1.82, 2.24) is 10.3 Å². The number of rotatable bonds is 10. The highest BCUT2D eigenvalue weighted by Gasteiger charge is 2.29. The predicted molar refractivity (Wildman–Crippen MR) is 149 cm³/mol. The maximum absolute atomic E-state index is 13.3. The molecular weight excluding hydrogens is 494 g/mol. The topological polar surface area (TPSA) is 97.3 Å². The summed E-state index contributed by atoms with van der Waals surface area (Å²) in [6, 6.07) is 17.6. The van der Waals surface area contributed by atoms with E-state index in [4.69, 9.17) is 9.47 Å². The van der Waals surface area contributed by atoms with Crippen molar-refractivity contribution in [3.05, 3.63) is 71.3 Å². The molecule has 0 bridgehead atoms. The molecule has 8 heteroatoms. The molecule has 0 aromatic heterocycles. The number of amides is 2. The number of carbonyl (C=O) groups is 3. The van der Waals surface area contributed by atoms with Crippen molar-refractivity contribution in [3.8, 4) is 0 Å². The molecule has 1 N–H and O–H groups in total. The monoisotopic (exact) mass is 533 g/mol. The minimum atomic E-state index is -0.260. The van der Waals surface area contributed by atoms with Gasteiger partial charge in [0.15, 0.2) is 6.61 Å². The second-order valence-corrected chi connectivity index (χ2v) is 10.8. The molecule has 208 valence electrons. The molecule has 0 spiro atoms. The minimum absolute atomic E-state index is 0.0470. The van der Waals surface area contributed by atoms with Crippen LogP contribution in [0.15, 0.2) is 59.7 Å². The SMILES string of the molecule is COC(=O)CC[C@H]1CC[C@H](NC(=O)C(c2ccc(CN3N=C(c4ccccc4)OCC3=O)cc2)C(C)C)CC1. The summed E-state index contributed by atoms with van der Waals surface area (Å²) < 4.78 is 10.3. The summed E-state index contributed by atoms with van der Waals surface area (Å²) in [5.41, 5.74) is 2.71. The van der Waals surface area contributed by atoms with Gasteiger partial charge in [-0.1, -0.05) is 56.3 Å². The van der Waals surface area contributed by atoms with Crippen LogP contribution in [0.4, 0.5) is 0 Å². The number of ether oxygens (including phenoxy) is 2. The summed E-state index contributed by atoms with van der Waals surface area (Å²) in [5.74, 6) is 0.514. The first-order chi connectivity index (χ1) is 18.8. The third kappa shape index (κ3) is 7.68. The van der Waals surface area contributed by atoms with E-state index in [2.05, 4.69) is 24.3 Å². The fourth-order valence-electron chi connectivity index (χ4n) is 5.40. The van der Waals surface area contributed by atoms with Crippen LogP contribution in [0.3, 0.4) is 0 Å². The lowest BCUT2D eigenvalue weighted by Gasteiger charge is -2.31. The van der Waals surface area contributed by atoms with E-state index >= 15 is 0 Å². The Morgan fingerprint density at radius 1 is 1.05 bits per heavy atom. The Kier molecular flexibility index (Phi) is 9.74. The molecule has 1 unspecified atom stereocenters. The molecule has 0 saturated heterocycles. The van der Waals surface area contributed by atoms with Crippen molar-refractivity contribution in [2.24, 2.45) is 16.9 Å². The van der Waals surface area contributed by atoms with E-state index in [-0.39, 0.29) is 42.3 Å². The molecule has 8 nitrogen and oxygen atoms in total. The zero-order chi connectivity index (χ0) is 27.8. The lowest BCUT2D eigenvalue weighted by atomic mass is 9.82. The molecule has 2 aromatic rings. The standard InChI is InChI=1S/C31H39N3O5/c1-21(2)29(30(37)32-26-16-11-22(12-17-26)13-18-28(36)38-3)24-14-9-23(10-15-24)19-34-27(35)20-39-31(33-34)25-7-5-4-6-8-25/h4-10,14-15,21-22,26,29H,11-13,16-20H2,1-3H3,(H,32,37)/t22-,26-,29?. The van der Waals surface area contributed by atoms with Crippen LogP contribution >= 0.6 is 0 Å². The second kappa shape index (κ2) is 13.4. The van der Waals surface area contributed by atoms with Crippen LogP contribution in [-0.2, 0) is 30.4 Å². The second-order valence-electron chi connectivity index (χ2n) is 10.8. The van der Waals surface area contributed by atoms with Crippen molar-refractivity contribution < 1.29 is 23.9 Å². The molecule has 2 aliphatic rings. The van der Waals surface area contributed by atoms with Crippen LogP contribution in [0.2, 0.25) is 0 Å². The van der Waals surface area contributed by atoms with E-state index in [9.17, 15) is 14.4 Å². The van der Waals surface area contributed by atoms with Crippen molar-refractivity contribution >= 4 is 23.7 Å². The van der Waals surface area contributed by atoms with Crippen LogP contribution < -0.4 is 5.32 Å². The minimum Gasteiger partial charge on any atom is -0.469 e. The van der Waals surface area contributed by atoms with E-state index in [1.165, 1.54) is 12.1 Å². The van der Waals surface area contributed by atoms with E-state index in [0.29, 0.717) is 24.8 Å². The van der Waals surface area contributed by atoms with Crippen LogP contribution in [0, 0.1) is 11.8 Å². The number of esters is 1. The van der Waals surface area contributed by atoms with Gasteiger partial charge in [-0.25, -0.2) is 5.01 Å². The maximum Gasteiger partial charge on any atom is 0.305 e. The molecule has 4 rings (SSSR count). The average Bonchev–Trinajstić information content (AvgIpc) is 2.95. The lowest BCUT2D eigenvalue weighted by molar-refractivity contribution is -0.141. The van der Waals surface area contributed by atoms with E-state index in [1.54, 1.807) is 0 Å². The number of carbonyl (C=O) groups excluding carboxylic acids is 3. The molecule has 1 heterocycles. The molecule has 1 saturated carbocycles. The van der Waals surface area contributed by atoms with Gasteiger partial charge in [-0.05, 0) is 67.2 Å². The molecule has 2 amide bonds. The lowest BCUT2D eigenvalue weighted by Crippen LogP contribution is -2.41. The van der Waals surface area contributed by atoms with E-state index in [1.807, 2.05) is 54.6 Å². The van der Waals surface area contributed by atoms with Crippen LogP contribution in [0.1, 0.15) is 75.0 Å². The Bertz CT molecular complexity index is 1150. The number of hydrogen-bond donors (Lipinski definition) is 1. The molecule has 1 atom stereocenters. The molecule has 2 aromatic carbocycles. The molecule has 1 aliphatic heterocycles. The van der Waals surface area contributed by atoms with Gasteiger partial charge in [0.05, 0.1) is 19.6 Å². The van der Waals surface area contributed by atoms with Gasteiger partial charge in [0, 0.05) is 18.0 Å². The Morgan fingerprint density at radius 3 is 2.38 bits per heavy atom. The van der Waals surface area contributed by atoms with Gasteiger partial charge in [0.1, 0.15) is 0 Å². The molecular formula is C31H39N3O5. The number of hydrogen-bond acceptors (Lipinski definition) is 6. The van der Waals surface area contributed by atoms with Gasteiger partial charge in [-0.3, -0.25) is 14.4 Å². The van der Waals surface area contributed by atoms with Gasteiger partial charge in [-0.2, -0.15) is 0 Å². The van der Waals surface area contributed by atoms with E-state index < -0.39 is 0 Å². The highest BCUT2D eigenvalue weighted by molar-refractivity contribution is 5.97. The normalized spacial score (nSPS) is 20.2. The number of benzene rings is 2. The van der Waals surface area contributed by atoms with Crippen LogP contribution in [0.25, 0.3) is 0 Å². The average molecular weight is 534 g/mol. The van der Waals surface area contributed by atoms with Crippen molar-refractivity contribution in [1.29, 1.82) is 0 Å². The fraction of sp³-hybridized carbons (Fsp3) is 0.484. The summed E-state index contributed by atoms with van der Waals surface area (Å²) in [5, 5.41) is 9.15. The van der Waals surface area contributed by atoms with Gasteiger partial charge < -0.3 is 14.8 Å². The number of nitrogens with one attached hydrogen (secondary N) is 1. The van der Waals surface area contributed by atoms with Crippen molar-refractivity contribution in [2.45, 2.75) is 70.9 Å². The maximum atomic E-state index is 13.3. The van der Waals surface area contributed by atoms with Crippen LogP contribution in [0.5, 0.6) is 0 Å². The summed E-state index contributed by atoms with van der Waals surface area (Å²) in [4.78, 5) is 37.2. The van der Waals surface area contributed by atoms with Crippen molar-refractivity contribution in [2.75, 3.05) is 13.7 Å². The first-order valence-corrected chi connectivity index (χ1v) is 13.9. The number of hydrazone groups is 1. The molecule has 39 heavy (non-hydrogen) atoms. The largest absolute Gasteiger partial charge is 0.469 e. The predicted octanol–water partition coefficient (Wildman–Crippen LogP) is 4.78. The fourth-order valence-corrected chi connectivity index (χ4v) is 5.40. The Balaban J connectivity index is 1.34. The zero-order valence-electron chi connectivity index (χ0n) is 23.1.